The van der Waals surface area contributed by atoms with Crippen molar-refractivity contribution in [2.75, 3.05) is 55.0 Å². The number of nitrogens with zero attached hydrogens (tertiary/aromatic N) is 6. The normalized spacial score (nSPS) is 15.0. The Hall–Kier alpha value is -2.37. The number of rotatable bonds is 3. The van der Waals surface area contributed by atoms with Gasteiger partial charge in [0.2, 0.25) is 5.95 Å². The second-order valence-electron chi connectivity index (χ2n) is 5.74. The van der Waals surface area contributed by atoms with Crippen molar-refractivity contribution < 1.29 is 0 Å². The van der Waals surface area contributed by atoms with Crippen LogP contribution >= 0.6 is 0 Å². The Morgan fingerprint density at radius 1 is 0.955 bits per heavy atom. The lowest BCUT2D eigenvalue weighted by Crippen LogP contribution is -2.47. The summed E-state index contributed by atoms with van der Waals surface area (Å²) in [5.41, 5.74) is 2.31. The molecule has 0 spiro atoms. The van der Waals surface area contributed by atoms with E-state index in [-0.39, 0.29) is 0 Å². The van der Waals surface area contributed by atoms with Gasteiger partial charge in [-0.25, -0.2) is 4.98 Å². The number of aryl methyl sites for hydroxylation is 1. The van der Waals surface area contributed by atoms with Gasteiger partial charge in [0.15, 0.2) is 0 Å². The molecule has 0 aromatic carbocycles. The fraction of sp³-hybridized carbons (Fsp3) is 0.438. The zero-order valence-electron chi connectivity index (χ0n) is 13.4. The minimum atomic E-state index is 0.754. The van der Waals surface area contributed by atoms with Gasteiger partial charge < -0.3 is 14.7 Å². The van der Waals surface area contributed by atoms with E-state index >= 15 is 0 Å². The Bertz CT molecular complexity index is 634. The third-order valence-electron chi connectivity index (χ3n) is 3.88. The van der Waals surface area contributed by atoms with Gasteiger partial charge in [0.25, 0.3) is 0 Å². The van der Waals surface area contributed by atoms with Crippen molar-refractivity contribution >= 4 is 17.5 Å². The monoisotopic (exact) mass is 298 g/mol. The molecular formula is C16H22N6. The summed E-state index contributed by atoms with van der Waals surface area (Å²) in [4.78, 5) is 19.8. The lowest BCUT2D eigenvalue weighted by atomic mass is 10.2. The summed E-state index contributed by atoms with van der Waals surface area (Å²) in [6.07, 6.45) is 3.71. The highest BCUT2D eigenvalue weighted by molar-refractivity contribution is 5.50. The van der Waals surface area contributed by atoms with Crippen molar-refractivity contribution in [2.24, 2.45) is 0 Å². The van der Waals surface area contributed by atoms with Crippen molar-refractivity contribution in [3.63, 3.8) is 0 Å². The molecule has 22 heavy (non-hydrogen) atoms. The molecule has 3 heterocycles. The first-order valence-corrected chi connectivity index (χ1v) is 7.56. The third kappa shape index (κ3) is 3.10. The maximum absolute atomic E-state index is 4.62. The topological polar surface area (TPSA) is 48.4 Å². The summed E-state index contributed by atoms with van der Waals surface area (Å²) < 4.78 is 0. The molecular weight excluding hydrogens is 276 g/mol. The van der Waals surface area contributed by atoms with Crippen LogP contribution in [0.25, 0.3) is 0 Å². The van der Waals surface area contributed by atoms with Gasteiger partial charge in [0, 0.05) is 64.0 Å². The van der Waals surface area contributed by atoms with Gasteiger partial charge >= 0.3 is 0 Å². The SMILES string of the molecule is Cc1cc(N2CCN(c3ccnc(N(C)C)n3)CC2)ccn1. The smallest absolute Gasteiger partial charge is 0.226 e. The summed E-state index contributed by atoms with van der Waals surface area (Å²) in [6, 6.07) is 6.21. The van der Waals surface area contributed by atoms with Crippen molar-refractivity contribution in [1.29, 1.82) is 0 Å². The van der Waals surface area contributed by atoms with Crippen LogP contribution in [0.15, 0.2) is 30.6 Å². The molecule has 1 aliphatic rings. The summed E-state index contributed by atoms with van der Waals surface area (Å²) in [7, 11) is 3.92. The minimum absolute atomic E-state index is 0.754. The molecule has 2 aromatic rings. The van der Waals surface area contributed by atoms with Crippen LogP contribution in [0.4, 0.5) is 17.5 Å². The van der Waals surface area contributed by atoms with Gasteiger partial charge in [-0.15, -0.1) is 0 Å². The summed E-state index contributed by atoms with van der Waals surface area (Å²) >= 11 is 0. The minimum Gasteiger partial charge on any atom is -0.368 e. The van der Waals surface area contributed by atoms with Crippen LogP contribution in [-0.4, -0.2) is 55.2 Å². The number of hydrogen-bond acceptors (Lipinski definition) is 6. The number of hydrogen-bond donors (Lipinski definition) is 0. The molecule has 0 radical (unpaired) electrons. The molecule has 6 heteroatoms. The first-order valence-electron chi connectivity index (χ1n) is 7.56. The predicted molar refractivity (Wildman–Crippen MR) is 89.8 cm³/mol. The fourth-order valence-electron chi connectivity index (χ4n) is 2.65. The maximum Gasteiger partial charge on any atom is 0.226 e. The quantitative estimate of drug-likeness (QED) is 0.857. The van der Waals surface area contributed by atoms with Crippen LogP contribution < -0.4 is 14.7 Å². The molecule has 0 bridgehead atoms. The zero-order chi connectivity index (χ0) is 15.5. The first kappa shape index (κ1) is 14.6. The zero-order valence-corrected chi connectivity index (χ0v) is 13.4. The first-order chi connectivity index (χ1) is 10.6. The summed E-state index contributed by atoms with van der Waals surface area (Å²) in [5.74, 6) is 1.76. The van der Waals surface area contributed by atoms with Crippen LogP contribution in [0.5, 0.6) is 0 Å². The highest BCUT2D eigenvalue weighted by Crippen LogP contribution is 2.20. The Morgan fingerprint density at radius 2 is 1.64 bits per heavy atom. The van der Waals surface area contributed by atoms with E-state index in [9.17, 15) is 0 Å². The van der Waals surface area contributed by atoms with Gasteiger partial charge in [-0.2, -0.15) is 4.98 Å². The van der Waals surface area contributed by atoms with Gasteiger partial charge in [-0.1, -0.05) is 0 Å². The Kier molecular flexibility index (Phi) is 4.09. The maximum atomic E-state index is 4.62. The Morgan fingerprint density at radius 3 is 2.32 bits per heavy atom. The molecule has 0 saturated carbocycles. The fourth-order valence-corrected chi connectivity index (χ4v) is 2.65. The van der Waals surface area contributed by atoms with Gasteiger partial charge in [0.1, 0.15) is 5.82 Å². The number of piperazine rings is 1. The molecule has 2 aromatic heterocycles. The summed E-state index contributed by atoms with van der Waals surface area (Å²) in [5, 5.41) is 0. The largest absolute Gasteiger partial charge is 0.368 e. The van der Waals surface area contributed by atoms with E-state index < -0.39 is 0 Å². The highest BCUT2D eigenvalue weighted by Gasteiger charge is 2.19. The molecule has 116 valence electrons. The van der Waals surface area contributed by atoms with Crippen molar-refractivity contribution in [3.8, 4) is 0 Å². The molecule has 1 aliphatic heterocycles. The summed E-state index contributed by atoms with van der Waals surface area (Å²) in [6.45, 7) is 5.94. The highest BCUT2D eigenvalue weighted by atomic mass is 15.3. The number of pyridine rings is 1. The lowest BCUT2D eigenvalue weighted by molar-refractivity contribution is 0.646. The van der Waals surface area contributed by atoms with Crippen LogP contribution in [0.3, 0.4) is 0 Å². The molecule has 1 saturated heterocycles. The molecule has 0 unspecified atom stereocenters. The van der Waals surface area contributed by atoms with E-state index in [4.69, 9.17) is 0 Å². The standard InChI is InChI=1S/C16H22N6/c1-13-12-14(4-6-17-13)21-8-10-22(11-9-21)15-5-7-18-16(19-15)20(2)3/h4-7,12H,8-11H2,1-3H3. The van der Waals surface area contributed by atoms with E-state index in [1.165, 1.54) is 5.69 Å². The predicted octanol–water partition coefficient (Wildman–Crippen LogP) is 1.57. The Balaban J connectivity index is 1.68. The molecule has 0 atom stereocenters. The van der Waals surface area contributed by atoms with Crippen LogP contribution in [0.1, 0.15) is 5.69 Å². The molecule has 0 N–H and O–H groups in total. The van der Waals surface area contributed by atoms with Gasteiger partial charge in [-0.3, -0.25) is 4.98 Å². The van der Waals surface area contributed by atoms with E-state index in [1.54, 1.807) is 0 Å². The van der Waals surface area contributed by atoms with Gasteiger partial charge in [0.05, 0.1) is 0 Å². The average Bonchev–Trinajstić information content (AvgIpc) is 2.55. The van der Waals surface area contributed by atoms with Gasteiger partial charge in [-0.05, 0) is 25.1 Å². The van der Waals surface area contributed by atoms with E-state index in [0.29, 0.717) is 0 Å². The number of aromatic nitrogens is 3. The molecule has 0 amide bonds. The molecule has 3 rings (SSSR count). The lowest BCUT2D eigenvalue weighted by Gasteiger charge is -2.36. The second kappa shape index (κ2) is 6.17. The van der Waals surface area contributed by atoms with E-state index in [1.807, 2.05) is 44.4 Å². The average molecular weight is 298 g/mol. The van der Waals surface area contributed by atoms with Crippen molar-refractivity contribution in [3.05, 3.63) is 36.3 Å². The van der Waals surface area contributed by atoms with Crippen molar-refractivity contribution in [1.82, 2.24) is 15.0 Å². The molecule has 1 fully saturated rings. The molecule has 6 nitrogen and oxygen atoms in total. The molecule has 0 aliphatic carbocycles. The van der Waals surface area contributed by atoms with Crippen molar-refractivity contribution in [2.45, 2.75) is 6.92 Å². The van der Waals surface area contributed by atoms with Crippen LogP contribution in [-0.2, 0) is 0 Å². The van der Waals surface area contributed by atoms with Crippen LogP contribution in [0, 0.1) is 6.92 Å². The second-order valence-corrected chi connectivity index (χ2v) is 5.74. The Labute approximate surface area is 131 Å². The van der Waals surface area contributed by atoms with E-state index in [2.05, 4.69) is 36.9 Å². The third-order valence-corrected chi connectivity index (χ3v) is 3.88. The van der Waals surface area contributed by atoms with Crippen LogP contribution in [0.2, 0.25) is 0 Å². The number of anilines is 3. The van der Waals surface area contributed by atoms with E-state index in [0.717, 1.165) is 43.6 Å².